The van der Waals surface area contributed by atoms with E-state index in [1.54, 1.807) is 11.3 Å². The number of ether oxygens (including phenoxy) is 1. The van der Waals surface area contributed by atoms with Crippen molar-refractivity contribution in [1.29, 1.82) is 0 Å². The van der Waals surface area contributed by atoms with Gasteiger partial charge < -0.3 is 4.74 Å². The van der Waals surface area contributed by atoms with Crippen molar-refractivity contribution >= 4 is 38.9 Å². The van der Waals surface area contributed by atoms with Gasteiger partial charge in [-0.3, -0.25) is 4.79 Å². The van der Waals surface area contributed by atoms with Crippen molar-refractivity contribution in [2.24, 2.45) is 11.0 Å². The largest absolute Gasteiger partial charge is 0.465 e. The first kappa shape index (κ1) is 23.9. The van der Waals surface area contributed by atoms with E-state index in [0.717, 1.165) is 48.4 Å². The Hall–Kier alpha value is -2.73. The number of rotatable bonds is 11. The third-order valence-corrected chi connectivity index (χ3v) is 6.30. The SMILES string of the molecule is Cc1ccc(C)c(/C=N/N(CCCCCCOC(=O)C(C)C)c2nc3ccccc3s2)c1. The van der Waals surface area contributed by atoms with Crippen molar-refractivity contribution in [2.75, 3.05) is 18.2 Å². The van der Waals surface area contributed by atoms with Gasteiger partial charge in [-0.25, -0.2) is 9.99 Å². The Kier molecular flexibility index (Phi) is 8.80. The summed E-state index contributed by atoms with van der Waals surface area (Å²) in [5.74, 6) is -0.181. The van der Waals surface area contributed by atoms with Gasteiger partial charge in [0.25, 0.3) is 0 Å². The molecule has 32 heavy (non-hydrogen) atoms. The van der Waals surface area contributed by atoms with Gasteiger partial charge in [-0.05, 0) is 56.4 Å². The highest BCUT2D eigenvalue weighted by Crippen LogP contribution is 2.29. The topological polar surface area (TPSA) is 54.8 Å². The highest BCUT2D eigenvalue weighted by molar-refractivity contribution is 7.22. The monoisotopic (exact) mass is 451 g/mol. The number of hydrazone groups is 1. The molecule has 0 atom stereocenters. The Bertz CT molecular complexity index is 1030. The second-order valence-electron chi connectivity index (χ2n) is 8.43. The first-order valence-corrected chi connectivity index (χ1v) is 12.2. The van der Waals surface area contributed by atoms with Crippen LogP contribution in [0.25, 0.3) is 10.2 Å². The lowest BCUT2D eigenvalue weighted by Gasteiger charge is -2.16. The highest BCUT2D eigenvalue weighted by Gasteiger charge is 2.12. The summed E-state index contributed by atoms with van der Waals surface area (Å²) in [7, 11) is 0. The summed E-state index contributed by atoms with van der Waals surface area (Å²) >= 11 is 1.67. The number of nitrogens with zero attached hydrogens (tertiary/aromatic N) is 3. The highest BCUT2D eigenvalue weighted by atomic mass is 32.1. The van der Waals surface area contributed by atoms with Crippen LogP contribution in [0.5, 0.6) is 0 Å². The second-order valence-corrected chi connectivity index (χ2v) is 9.44. The fraction of sp³-hybridized carbons (Fsp3) is 0.423. The van der Waals surface area contributed by atoms with E-state index in [4.69, 9.17) is 14.8 Å². The summed E-state index contributed by atoms with van der Waals surface area (Å²) in [4.78, 5) is 16.3. The van der Waals surface area contributed by atoms with Crippen LogP contribution < -0.4 is 5.01 Å². The van der Waals surface area contributed by atoms with E-state index >= 15 is 0 Å². The molecule has 1 aromatic heterocycles. The van der Waals surface area contributed by atoms with Crippen molar-refractivity contribution < 1.29 is 9.53 Å². The Balaban J connectivity index is 1.61. The van der Waals surface area contributed by atoms with Gasteiger partial charge >= 0.3 is 5.97 Å². The van der Waals surface area contributed by atoms with Crippen LogP contribution in [0.2, 0.25) is 0 Å². The molecule has 5 nitrogen and oxygen atoms in total. The molecule has 0 spiro atoms. The number of thiazole rings is 1. The molecule has 0 fully saturated rings. The molecule has 0 aliphatic heterocycles. The van der Waals surface area contributed by atoms with E-state index in [1.807, 2.05) is 43.3 Å². The zero-order valence-electron chi connectivity index (χ0n) is 19.5. The van der Waals surface area contributed by atoms with E-state index in [1.165, 1.54) is 15.8 Å². The number of unbranched alkanes of at least 4 members (excludes halogenated alkanes) is 3. The van der Waals surface area contributed by atoms with Crippen LogP contribution in [-0.4, -0.2) is 30.3 Å². The molecular formula is C26H33N3O2S. The van der Waals surface area contributed by atoms with E-state index in [-0.39, 0.29) is 11.9 Å². The van der Waals surface area contributed by atoms with Crippen molar-refractivity contribution in [3.05, 3.63) is 59.2 Å². The minimum atomic E-state index is -0.118. The number of carbonyl (C=O) groups excluding carboxylic acids is 1. The molecule has 0 radical (unpaired) electrons. The lowest BCUT2D eigenvalue weighted by Crippen LogP contribution is -2.18. The van der Waals surface area contributed by atoms with Gasteiger partial charge in [0.15, 0.2) is 0 Å². The number of anilines is 1. The Morgan fingerprint density at radius 1 is 1.12 bits per heavy atom. The van der Waals surface area contributed by atoms with Crippen molar-refractivity contribution in [1.82, 2.24) is 4.98 Å². The van der Waals surface area contributed by atoms with Crippen molar-refractivity contribution in [3.8, 4) is 0 Å². The first-order chi connectivity index (χ1) is 15.4. The molecule has 0 saturated carbocycles. The fourth-order valence-electron chi connectivity index (χ4n) is 3.26. The molecule has 0 amide bonds. The van der Waals surface area contributed by atoms with E-state index in [9.17, 15) is 4.79 Å². The normalized spacial score (nSPS) is 11.5. The third kappa shape index (κ3) is 6.89. The van der Waals surface area contributed by atoms with Gasteiger partial charge in [-0.15, -0.1) is 0 Å². The molecule has 170 valence electrons. The minimum Gasteiger partial charge on any atom is -0.465 e. The molecule has 2 aromatic carbocycles. The van der Waals surface area contributed by atoms with Crippen LogP contribution in [0.4, 0.5) is 5.13 Å². The molecule has 1 heterocycles. The lowest BCUT2D eigenvalue weighted by atomic mass is 10.1. The number of fused-ring (bicyclic) bond motifs is 1. The lowest BCUT2D eigenvalue weighted by molar-refractivity contribution is -0.147. The van der Waals surface area contributed by atoms with Crippen LogP contribution in [0.3, 0.4) is 0 Å². The number of para-hydroxylation sites is 1. The van der Waals surface area contributed by atoms with E-state index in [2.05, 4.69) is 38.1 Å². The molecular weight excluding hydrogens is 418 g/mol. The molecule has 0 unspecified atom stereocenters. The summed E-state index contributed by atoms with van der Waals surface area (Å²) in [5, 5.41) is 7.76. The molecule has 0 aliphatic carbocycles. The predicted octanol–water partition coefficient (Wildman–Crippen LogP) is 6.51. The number of hydrogen-bond acceptors (Lipinski definition) is 6. The number of carbonyl (C=O) groups is 1. The number of esters is 1. The summed E-state index contributed by atoms with van der Waals surface area (Å²) in [5.41, 5.74) is 4.57. The van der Waals surface area contributed by atoms with Crippen LogP contribution in [0.1, 0.15) is 56.2 Å². The molecule has 3 aromatic rings. The van der Waals surface area contributed by atoms with Gasteiger partial charge in [0.1, 0.15) is 0 Å². The summed E-state index contributed by atoms with van der Waals surface area (Å²) in [6, 6.07) is 14.6. The van der Waals surface area contributed by atoms with Crippen LogP contribution in [-0.2, 0) is 9.53 Å². The zero-order chi connectivity index (χ0) is 22.9. The van der Waals surface area contributed by atoms with Gasteiger partial charge in [0, 0.05) is 6.54 Å². The maximum atomic E-state index is 11.5. The number of aromatic nitrogens is 1. The molecule has 0 N–H and O–H groups in total. The van der Waals surface area contributed by atoms with Gasteiger partial charge in [0.2, 0.25) is 5.13 Å². The molecule has 3 rings (SSSR count). The Labute approximate surface area is 195 Å². The minimum absolute atomic E-state index is 0.0627. The van der Waals surface area contributed by atoms with Crippen molar-refractivity contribution in [3.63, 3.8) is 0 Å². The van der Waals surface area contributed by atoms with Crippen molar-refractivity contribution in [2.45, 2.75) is 53.4 Å². The molecule has 6 heteroatoms. The quantitative estimate of drug-likeness (QED) is 0.144. The molecule has 0 saturated heterocycles. The molecule has 0 bridgehead atoms. The second kappa shape index (κ2) is 11.8. The predicted molar refractivity (Wildman–Crippen MR) is 135 cm³/mol. The number of benzene rings is 2. The average Bonchev–Trinajstić information content (AvgIpc) is 3.21. The molecule has 0 aliphatic rings. The summed E-state index contributed by atoms with van der Waals surface area (Å²) in [6.45, 7) is 9.22. The van der Waals surface area contributed by atoms with E-state index < -0.39 is 0 Å². The maximum Gasteiger partial charge on any atom is 0.308 e. The smallest absolute Gasteiger partial charge is 0.308 e. The van der Waals surface area contributed by atoms with E-state index in [0.29, 0.717) is 6.61 Å². The standard InChI is InChI=1S/C26H33N3O2S/c1-19(2)25(30)31-16-10-6-5-9-15-29(26-28-23-11-7-8-12-24(23)32-26)27-18-22-17-20(3)13-14-21(22)4/h7-8,11-14,17-19H,5-6,9-10,15-16H2,1-4H3/b27-18+. The van der Waals surface area contributed by atoms with Gasteiger partial charge in [0.05, 0.1) is 29.0 Å². The Morgan fingerprint density at radius 3 is 2.69 bits per heavy atom. The van der Waals surface area contributed by atoms with Crippen LogP contribution >= 0.6 is 11.3 Å². The first-order valence-electron chi connectivity index (χ1n) is 11.3. The summed E-state index contributed by atoms with van der Waals surface area (Å²) < 4.78 is 6.43. The number of hydrogen-bond donors (Lipinski definition) is 0. The number of aryl methyl sites for hydroxylation is 2. The zero-order valence-corrected chi connectivity index (χ0v) is 20.3. The average molecular weight is 452 g/mol. The van der Waals surface area contributed by atoms with Crippen LogP contribution in [0.15, 0.2) is 47.6 Å². The fourth-order valence-corrected chi connectivity index (χ4v) is 4.21. The van der Waals surface area contributed by atoms with Gasteiger partial charge in [-0.2, -0.15) is 5.10 Å². The maximum absolute atomic E-state index is 11.5. The summed E-state index contributed by atoms with van der Waals surface area (Å²) in [6.07, 6.45) is 5.92. The van der Waals surface area contributed by atoms with Crippen LogP contribution in [0, 0.1) is 19.8 Å². The Morgan fingerprint density at radius 2 is 1.91 bits per heavy atom. The van der Waals surface area contributed by atoms with Gasteiger partial charge in [-0.1, -0.05) is 67.5 Å². The third-order valence-electron chi connectivity index (χ3n) is 5.25.